The molecule has 0 saturated carbocycles. The molecule has 0 unspecified atom stereocenters. The highest BCUT2D eigenvalue weighted by molar-refractivity contribution is 6.23. The van der Waals surface area contributed by atoms with Crippen LogP contribution in [0.25, 0.3) is 5.69 Å². The van der Waals surface area contributed by atoms with E-state index in [-0.39, 0.29) is 22.6 Å². The maximum Gasteiger partial charge on any atom is 0.338 e. The third-order valence-electron chi connectivity index (χ3n) is 3.39. The number of aromatic nitrogens is 1. The van der Waals surface area contributed by atoms with Crippen LogP contribution in [-0.2, 0) is 0 Å². The Morgan fingerprint density at radius 2 is 1.87 bits per heavy atom. The predicted molar refractivity (Wildman–Crippen MR) is 75.2 cm³/mol. The van der Waals surface area contributed by atoms with E-state index in [1.54, 1.807) is 0 Å². The molecule has 0 radical (unpaired) electrons. The number of fused-ring (bicyclic) bond motifs is 1. The number of nitrogens with two attached hydrogens (primary N) is 1. The molecule has 9 heteroatoms. The van der Waals surface area contributed by atoms with Gasteiger partial charge in [-0.25, -0.2) is 9.18 Å². The first kappa shape index (κ1) is 14.4. The van der Waals surface area contributed by atoms with Crippen molar-refractivity contribution < 1.29 is 23.9 Å². The lowest BCUT2D eigenvalue weighted by Gasteiger charge is -2.12. The van der Waals surface area contributed by atoms with Gasteiger partial charge in [0, 0.05) is 6.07 Å². The van der Waals surface area contributed by atoms with E-state index < -0.39 is 34.7 Å². The molecular weight excluding hydrogens is 309 g/mol. The van der Waals surface area contributed by atoms with Gasteiger partial charge >= 0.3 is 5.97 Å². The molecule has 1 aromatic carbocycles. The molecule has 1 aliphatic heterocycles. The van der Waals surface area contributed by atoms with E-state index >= 15 is 0 Å². The molecule has 0 fully saturated rings. The zero-order valence-electron chi connectivity index (χ0n) is 11.3. The number of carboxylic acids is 1. The van der Waals surface area contributed by atoms with Crippen molar-refractivity contribution in [3.8, 4) is 5.69 Å². The minimum absolute atomic E-state index is 0.0649. The standard InChI is InChI=1S/C14H8FN3O5/c15-8-3-5(1-2-6(8)14(22)23)18-9(19)4-7-10(11(18)16)13(21)17-12(7)20/h1-4H,16H2,(H,22,23)(H,17,20,21). The molecule has 0 aliphatic carbocycles. The van der Waals surface area contributed by atoms with Crippen LogP contribution in [0.5, 0.6) is 0 Å². The van der Waals surface area contributed by atoms with Crippen molar-refractivity contribution in [3.63, 3.8) is 0 Å². The molecule has 2 amide bonds. The van der Waals surface area contributed by atoms with Crippen LogP contribution in [0.15, 0.2) is 29.1 Å². The van der Waals surface area contributed by atoms with Crippen molar-refractivity contribution in [2.24, 2.45) is 0 Å². The van der Waals surface area contributed by atoms with Crippen LogP contribution in [0.3, 0.4) is 0 Å². The van der Waals surface area contributed by atoms with Gasteiger partial charge in [-0.1, -0.05) is 0 Å². The van der Waals surface area contributed by atoms with Crippen molar-refractivity contribution in [1.29, 1.82) is 0 Å². The molecule has 0 bridgehead atoms. The molecule has 1 aromatic heterocycles. The van der Waals surface area contributed by atoms with Gasteiger partial charge in [0.15, 0.2) is 0 Å². The Labute approximate surface area is 127 Å². The highest BCUT2D eigenvalue weighted by Crippen LogP contribution is 2.23. The Hall–Kier alpha value is -3.49. The number of carbonyl (C=O) groups excluding carboxylic acids is 2. The number of benzene rings is 1. The average Bonchev–Trinajstić information content (AvgIpc) is 2.73. The topological polar surface area (TPSA) is 131 Å². The second-order valence-corrected chi connectivity index (χ2v) is 4.74. The van der Waals surface area contributed by atoms with E-state index in [1.165, 1.54) is 6.07 Å². The van der Waals surface area contributed by atoms with E-state index in [2.05, 4.69) is 0 Å². The van der Waals surface area contributed by atoms with Gasteiger partial charge in [-0.15, -0.1) is 0 Å². The lowest BCUT2D eigenvalue weighted by molar-refractivity contribution is 0.0691. The third kappa shape index (κ3) is 2.06. The summed E-state index contributed by atoms with van der Waals surface area (Å²) in [5.74, 6) is -4.37. The fraction of sp³-hybridized carbons (Fsp3) is 0. The molecule has 8 nitrogen and oxygen atoms in total. The number of nitrogens with one attached hydrogen (secondary N) is 1. The summed E-state index contributed by atoms with van der Waals surface area (Å²) in [7, 11) is 0. The monoisotopic (exact) mass is 317 g/mol. The van der Waals surface area contributed by atoms with Crippen LogP contribution in [0.4, 0.5) is 10.2 Å². The number of carbonyl (C=O) groups is 3. The van der Waals surface area contributed by atoms with Gasteiger partial charge in [-0.2, -0.15) is 0 Å². The molecular formula is C14H8FN3O5. The van der Waals surface area contributed by atoms with Crippen LogP contribution < -0.4 is 16.6 Å². The number of amides is 2. The van der Waals surface area contributed by atoms with Crippen molar-refractivity contribution in [2.45, 2.75) is 0 Å². The number of nitrogen functional groups attached to an aromatic ring is 1. The van der Waals surface area contributed by atoms with Crippen LogP contribution in [0.2, 0.25) is 0 Å². The average molecular weight is 317 g/mol. The number of carboxylic acid groups (broad SMARTS) is 1. The van der Waals surface area contributed by atoms with Crippen LogP contribution in [-0.4, -0.2) is 27.5 Å². The SMILES string of the molecule is Nc1c2c(cc(=O)n1-c1ccc(C(=O)O)c(F)c1)C(=O)NC2=O. The van der Waals surface area contributed by atoms with Crippen molar-refractivity contribution in [3.05, 3.63) is 57.1 Å². The number of rotatable bonds is 2. The number of imide groups is 1. The van der Waals surface area contributed by atoms with Crippen LogP contribution in [0, 0.1) is 5.82 Å². The zero-order chi connectivity index (χ0) is 16.9. The lowest BCUT2D eigenvalue weighted by Crippen LogP contribution is -2.24. The van der Waals surface area contributed by atoms with Gasteiger partial charge in [-0.3, -0.25) is 24.3 Å². The highest BCUT2D eigenvalue weighted by Gasteiger charge is 2.31. The minimum atomic E-state index is -1.46. The molecule has 0 saturated heterocycles. The molecule has 4 N–H and O–H groups in total. The summed E-state index contributed by atoms with van der Waals surface area (Å²) in [6.07, 6.45) is 0. The number of pyridine rings is 1. The zero-order valence-corrected chi connectivity index (χ0v) is 11.3. The van der Waals surface area contributed by atoms with Gasteiger partial charge in [0.25, 0.3) is 17.4 Å². The van der Waals surface area contributed by atoms with E-state index in [0.717, 1.165) is 22.8 Å². The normalized spacial score (nSPS) is 12.9. The van der Waals surface area contributed by atoms with Gasteiger partial charge in [0.1, 0.15) is 11.6 Å². The first-order chi connectivity index (χ1) is 10.8. The first-order valence-corrected chi connectivity index (χ1v) is 6.25. The molecule has 1 aliphatic rings. The lowest BCUT2D eigenvalue weighted by atomic mass is 10.1. The van der Waals surface area contributed by atoms with E-state index in [1.807, 2.05) is 5.32 Å². The summed E-state index contributed by atoms with van der Waals surface area (Å²) in [4.78, 5) is 46.2. The Kier molecular flexibility index (Phi) is 2.99. The Morgan fingerprint density at radius 3 is 2.48 bits per heavy atom. The third-order valence-corrected chi connectivity index (χ3v) is 3.39. The number of hydrogen-bond donors (Lipinski definition) is 3. The summed E-state index contributed by atoms with van der Waals surface area (Å²) in [5.41, 5.74) is 4.04. The van der Waals surface area contributed by atoms with Gasteiger partial charge in [0.2, 0.25) is 0 Å². The molecule has 2 aromatic rings. The van der Waals surface area contributed by atoms with Crippen molar-refractivity contribution in [2.75, 3.05) is 5.73 Å². The molecule has 0 atom stereocenters. The number of anilines is 1. The second-order valence-electron chi connectivity index (χ2n) is 4.74. The molecule has 3 rings (SSSR count). The molecule has 2 heterocycles. The summed E-state index contributed by atoms with van der Waals surface area (Å²) in [6, 6.07) is 3.86. The second kappa shape index (κ2) is 4.77. The number of nitrogens with zero attached hydrogens (tertiary/aromatic N) is 1. The number of hydrogen-bond acceptors (Lipinski definition) is 5. The quantitative estimate of drug-likeness (QED) is 0.675. The minimum Gasteiger partial charge on any atom is -0.478 e. The maximum atomic E-state index is 13.8. The van der Waals surface area contributed by atoms with E-state index in [9.17, 15) is 23.6 Å². The summed E-state index contributed by atoms with van der Waals surface area (Å²) < 4.78 is 14.6. The largest absolute Gasteiger partial charge is 0.478 e. The predicted octanol–water partition coefficient (Wildman–Crippen LogP) is 0.141. The van der Waals surface area contributed by atoms with E-state index in [0.29, 0.717) is 0 Å². The Morgan fingerprint density at radius 1 is 1.17 bits per heavy atom. The Bertz CT molecular complexity index is 964. The summed E-state index contributed by atoms with van der Waals surface area (Å²) in [6.45, 7) is 0. The van der Waals surface area contributed by atoms with Crippen LogP contribution >= 0.6 is 0 Å². The van der Waals surface area contributed by atoms with E-state index in [4.69, 9.17) is 10.8 Å². The fourth-order valence-corrected chi connectivity index (χ4v) is 2.36. The number of aromatic carboxylic acids is 1. The smallest absolute Gasteiger partial charge is 0.338 e. The summed E-state index contributed by atoms with van der Waals surface area (Å²) >= 11 is 0. The van der Waals surface area contributed by atoms with Crippen molar-refractivity contribution in [1.82, 2.24) is 9.88 Å². The molecule has 23 heavy (non-hydrogen) atoms. The van der Waals surface area contributed by atoms with Gasteiger partial charge < -0.3 is 10.8 Å². The fourth-order valence-electron chi connectivity index (χ4n) is 2.36. The molecule has 0 spiro atoms. The maximum absolute atomic E-state index is 13.8. The Balaban J connectivity index is 2.27. The van der Waals surface area contributed by atoms with Gasteiger partial charge in [-0.05, 0) is 18.2 Å². The number of halogens is 1. The first-order valence-electron chi connectivity index (χ1n) is 6.25. The van der Waals surface area contributed by atoms with Gasteiger partial charge in [0.05, 0.1) is 22.4 Å². The van der Waals surface area contributed by atoms with Crippen LogP contribution in [0.1, 0.15) is 31.1 Å². The highest BCUT2D eigenvalue weighted by atomic mass is 19.1. The molecule has 116 valence electrons. The summed E-state index contributed by atoms with van der Waals surface area (Å²) in [5, 5.41) is 10.8. The van der Waals surface area contributed by atoms with Crippen molar-refractivity contribution >= 4 is 23.6 Å².